The number of rotatable bonds is 6. The van der Waals surface area contributed by atoms with Crippen molar-refractivity contribution < 1.29 is 9.46 Å². The normalized spacial score (nSPS) is 14.3. The van der Waals surface area contributed by atoms with Gasteiger partial charge in [0.25, 0.3) is 0 Å². The number of benzene rings is 2. The van der Waals surface area contributed by atoms with Crippen molar-refractivity contribution in [3.63, 3.8) is 0 Å². The second kappa shape index (κ2) is 7.99. The van der Waals surface area contributed by atoms with Crippen molar-refractivity contribution >= 4 is 38.3 Å². The molecule has 0 radical (unpaired) electrons. The highest BCUT2D eigenvalue weighted by atomic mass is 32.2. The molecule has 23 heavy (non-hydrogen) atoms. The highest BCUT2D eigenvalue weighted by Crippen LogP contribution is 2.43. The topological polar surface area (TPSA) is 37.3 Å². The molecule has 2 aromatic carbocycles. The van der Waals surface area contributed by atoms with Crippen molar-refractivity contribution in [1.82, 2.24) is 0 Å². The van der Waals surface area contributed by atoms with Crippen molar-refractivity contribution in [2.24, 2.45) is 0 Å². The lowest BCUT2D eigenvalue weighted by atomic mass is 10.2. The molecule has 124 valence electrons. The summed E-state index contributed by atoms with van der Waals surface area (Å²) in [7, 11) is -2.52. The smallest absolute Gasteiger partial charge is 0.230 e. The second-order valence-corrected chi connectivity index (χ2v) is 10.8. The maximum Gasteiger partial charge on any atom is 0.230 e. The van der Waals surface area contributed by atoms with Gasteiger partial charge < -0.3 is 4.89 Å². The average Bonchev–Trinajstić information content (AvgIpc) is 2.51. The van der Waals surface area contributed by atoms with Crippen LogP contribution in [0.3, 0.4) is 0 Å². The van der Waals surface area contributed by atoms with E-state index in [4.69, 9.17) is 0 Å². The number of hydrogen-bond acceptors (Lipinski definition) is 2. The first kappa shape index (κ1) is 18.7. The van der Waals surface area contributed by atoms with Crippen molar-refractivity contribution in [2.75, 3.05) is 12.3 Å². The van der Waals surface area contributed by atoms with Crippen LogP contribution < -0.4 is 10.6 Å². The van der Waals surface area contributed by atoms with Gasteiger partial charge in [0.2, 0.25) is 7.37 Å². The van der Waals surface area contributed by atoms with E-state index in [1.807, 2.05) is 25.1 Å². The molecule has 0 amide bonds. The molecule has 0 fully saturated rings. The third kappa shape index (κ3) is 4.70. The molecule has 2 atom stereocenters. The highest BCUT2D eigenvalue weighted by molar-refractivity contribution is 8.00. The Bertz CT molecular complexity index is 744. The SMILES string of the molecule is CCPc1cc(C)ccc1Sc1ccc(C)cc1P(=O)(O)CC. The Balaban J connectivity index is 2.47. The van der Waals surface area contributed by atoms with Crippen LogP contribution in [-0.4, -0.2) is 17.2 Å². The van der Waals surface area contributed by atoms with Crippen LogP contribution >= 0.6 is 27.7 Å². The number of hydrogen-bond donors (Lipinski definition) is 1. The lowest BCUT2D eigenvalue weighted by Crippen LogP contribution is -2.11. The van der Waals surface area contributed by atoms with E-state index in [0.717, 1.165) is 25.2 Å². The van der Waals surface area contributed by atoms with Gasteiger partial charge >= 0.3 is 0 Å². The van der Waals surface area contributed by atoms with Gasteiger partial charge in [-0.05, 0) is 43.5 Å². The molecule has 1 N–H and O–H groups in total. The van der Waals surface area contributed by atoms with Crippen molar-refractivity contribution in [3.05, 3.63) is 47.5 Å². The average molecular weight is 366 g/mol. The van der Waals surface area contributed by atoms with Gasteiger partial charge in [-0.1, -0.05) is 63.5 Å². The number of aryl methyl sites for hydroxylation is 2. The summed E-state index contributed by atoms with van der Waals surface area (Å²) >= 11 is 1.62. The summed E-state index contributed by atoms with van der Waals surface area (Å²) in [5.74, 6) is 0. The van der Waals surface area contributed by atoms with Gasteiger partial charge in [-0.15, -0.1) is 0 Å². The Kier molecular flexibility index (Phi) is 6.51. The summed E-state index contributed by atoms with van der Waals surface area (Å²) in [6, 6.07) is 12.3. The predicted octanol–water partition coefficient (Wildman–Crippen LogP) is 4.69. The third-order valence-corrected chi connectivity index (χ3v) is 8.25. The van der Waals surface area contributed by atoms with E-state index in [-0.39, 0.29) is 6.16 Å². The van der Waals surface area contributed by atoms with Gasteiger partial charge in [0.05, 0.1) is 5.30 Å². The fourth-order valence-electron chi connectivity index (χ4n) is 2.34. The van der Waals surface area contributed by atoms with Crippen molar-refractivity contribution in [3.8, 4) is 0 Å². The van der Waals surface area contributed by atoms with Crippen LogP contribution in [0, 0.1) is 13.8 Å². The minimum Gasteiger partial charge on any atom is -0.341 e. The Morgan fingerprint density at radius 2 is 1.65 bits per heavy atom. The minimum atomic E-state index is -3.29. The van der Waals surface area contributed by atoms with Gasteiger partial charge in [-0.2, -0.15) is 0 Å². The molecule has 0 aliphatic rings. The zero-order valence-electron chi connectivity index (χ0n) is 14.1. The zero-order chi connectivity index (χ0) is 17.0. The fourth-order valence-corrected chi connectivity index (χ4v) is 6.25. The van der Waals surface area contributed by atoms with Crippen molar-refractivity contribution in [1.29, 1.82) is 0 Å². The van der Waals surface area contributed by atoms with E-state index in [9.17, 15) is 9.46 Å². The Morgan fingerprint density at radius 3 is 2.26 bits per heavy atom. The Labute approximate surface area is 145 Å². The second-order valence-electron chi connectivity index (χ2n) is 5.62. The van der Waals surface area contributed by atoms with Gasteiger partial charge in [0.15, 0.2) is 0 Å². The molecule has 0 bridgehead atoms. The molecular formula is C18H24O2P2S. The molecule has 0 heterocycles. The van der Waals surface area contributed by atoms with Crippen LogP contribution in [0.5, 0.6) is 0 Å². The first-order valence-electron chi connectivity index (χ1n) is 7.82. The monoisotopic (exact) mass is 366 g/mol. The summed E-state index contributed by atoms with van der Waals surface area (Å²) in [6.45, 7) is 8.02. The first-order chi connectivity index (χ1) is 10.9. The summed E-state index contributed by atoms with van der Waals surface area (Å²) < 4.78 is 12.6. The third-order valence-electron chi connectivity index (χ3n) is 3.64. The predicted molar refractivity (Wildman–Crippen MR) is 105 cm³/mol. The van der Waals surface area contributed by atoms with Gasteiger partial charge in [0, 0.05) is 16.0 Å². The molecule has 0 saturated carbocycles. The molecule has 2 aromatic rings. The highest BCUT2D eigenvalue weighted by Gasteiger charge is 2.23. The molecule has 0 spiro atoms. The molecule has 2 unspecified atom stereocenters. The van der Waals surface area contributed by atoms with E-state index >= 15 is 0 Å². The van der Waals surface area contributed by atoms with Crippen LogP contribution in [0.4, 0.5) is 0 Å². The maximum absolute atomic E-state index is 12.6. The molecule has 0 saturated heterocycles. The summed E-state index contributed by atoms with van der Waals surface area (Å²) in [6.07, 6.45) is 1.38. The van der Waals surface area contributed by atoms with E-state index in [0.29, 0.717) is 5.30 Å². The van der Waals surface area contributed by atoms with Crippen LogP contribution in [0.2, 0.25) is 0 Å². The van der Waals surface area contributed by atoms with Crippen LogP contribution in [0.25, 0.3) is 0 Å². The largest absolute Gasteiger partial charge is 0.341 e. The van der Waals surface area contributed by atoms with E-state index in [1.165, 1.54) is 15.8 Å². The standard InChI is InChI=1S/C18H24O2P2S/c1-5-21-15-11-13(3)7-9-17(15)23-18-10-8-14(4)12-16(18)22(19,20)6-2/h7-12,21H,5-6H2,1-4H3,(H,19,20). The summed E-state index contributed by atoms with van der Waals surface area (Å²) in [4.78, 5) is 12.4. The molecule has 2 nitrogen and oxygen atoms in total. The quantitative estimate of drug-likeness (QED) is 0.754. The molecular weight excluding hydrogens is 342 g/mol. The Hall–Kier alpha value is -0.590. The van der Waals surface area contributed by atoms with Gasteiger partial charge in [-0.3, -0.25) is 4.57 Å². The zero-order valence-corrected chi connectivity index (χ0v) is 16.8. The maximum atomic E-state index is 12.6. The molecule has 0 aliphatic carbocycles. The molecule has 0 aromatic heterocycles. The fraction of sp³-hybridized carbons (Fsp3) is 0.333. The molecule has 0 aliphatic heterocycles. The van der Waals surface area contributed by atoms with E-state index < -0.39 is 7.37 Å². The van der Waals surface area contributed by atoms with E-state index in [2.05, 4.69) is 32.0 Å². The first-order valence-corrected chi connectivity index (χ1v) is 11.7. The van der Waals surface area contributed by atoms with Crippen LogP contribution in [0.15, 0.2) is 46.2 Å². The van der Waals surface area contributed by atoms with Gasteiger partial charge in [-0.25, -0.2) is 0 Å². The van der Waals surface area contributed by atoms with E-state index in [1.54, 1.807) is 18.7 Å². The molecule has 5 heteroatoms. The molecule has 2 rings (SSSR count). The minimum absolute atomic E-state index is 0.265. The van der Waals surface area contributed by atoms with Gasteiger partial charge in [0.1, 0.15) is 0 Å². The lowest BCUT2D eigenvalue weighted by molar-refractivity contribution is 0.490. The summed E-state index contributed by atoms with van der Waals surface area (Å²) in [5, 5.41) is 1.93. The lowest BCUT2D eigenvalue weighted by Gasteiger charge is -2.16. The van der Waals surface area contributed by atoms with Crippen LogP contribution in [0.1, 0.15) is 25.0 Å². The Morgan fingerprint density at radius 1 is 1.04 bits per heavy atom. The van der Waals surface area contributed by atoms with Crippen molar-refractivity contribution in [2.45, 2.75) is 37.5 Å². The van der Waals surface area contributed by atoms with Crippen LogP contribution in [-0.2, 0) is 4.57 Å². The summed E-state index contributed by atoms with van der Waals surface area (Å²) in [5.41, 5.74) is 2.28.